The molecule has 4 aromatic rings. The number of aryl methyl sites for hydroxylation is 1. The number of likely N-dealkylation sites (tertiary alicyclic amines) is 1. The van der Waals surface area contributed by atoms with Gasteiger partial charge in [-0.3, -0.25) is 0 Å². The van der Waals surface area contributed by atoms with Gasteiger partial charge in [0.25, 0.3) is 0 Å². The number of anilines is 1. The number of benzene rings is 2. The summed E-state index contributed by atoms with van der Waals surface area (Å²) in [6.07, 6.45) is 2.52. The van der Waals surface area contributed by atoms with Gasteiger partial charge in [0.15, 0.2) is 5.65 Å². The number of hydrogen-bond donors (Lipinski definition) is 1. The van der Waals surface area contributed by atoms with Crippen molar-refractivity contribution in [1.29, 1.82) is 0 Å². The van der Waals surface area contributed by atoms with Crippen LogP contribution in [-0.4, -0.2) is 45.7 Å². The Balaban J connectivity index is 1.42. The SMILES string of the molecule is COc1ccc(-c2nc3cccnc3n2[C@H]2CCN(C(=O)Nc3ccc(C)c(F)c3)C2)cc1. The van der Waals surface area contributed by atoms with Crippen molar-refractivity contribution in [3.8, 4) is 17.1 Å². The Labute approximate surface area is 190 Å². The molecule has 0 radical (unpaired) electrons. The van der Waals surface area contributed by atoms with Gasteiger partial charge in [0.2, 0.25) is 0 Å². The van der Waals surface area contributed by atoms with Crippen LogP contribution in [0.2, 0.25) is 0 Å². The van der Waals surface area contributed by atoms with E-state index in [1.807, 2.05) is 36.4 Å². The molecule has 1 fully saturated rings. The number of amides is 2. The Hall–Kier alpha value is -3.94. The van der Waals surface area contributed by atoms with Gasteiger partial charge in [-0.15, -0.1) is 0 Å². The Morgan fingerprint density at radius 1 is 1.18 bits per heavy atom. The number of imidazole rings is 1. The first kappa shape index (κ1) is 20.9. The molecule has 33 heavy (non-hydrogen) atoms. The van der Waals surface area contributed by atoms with Gasteiger partial charge in [0, 0.05) is 30.5 Å². The predicted molar refractivity (Wildman–Crippen MR) is 125 cm³/mol. The van der Waals surface area contributed by atoms with E-state index in [0.29, 0.717) is 24.3 Å². The van der Waals surface area contributed by atoms with Crippen molar-refractivity contribution >= 4 is 22.9 Å². The lowest BCUT2D eigenvalue weighted by Gasteiger charge is -2.19. The first-order valence-electron chi connectivity index (χ1n) is 10.8. The maximum atomic E-state index is 13.9. The number of nitrogens with zero attached hydrogens (tertiary/aromatic N) is 4. The minimum Gasteiger partial charge on any atom is -0.497 e. The molecule has 2 aromatic carbocycles. The summed E-state index contributed by atoms with van der Waals surface area (Å²) in [5.74, 6) is 1.24. The van der Waals surface area contributed by atoms with Crippen molar-refractivity contribution in [3.05, 3.63) is 72.2 Å². The fourth-order valence-electron chi connectivity index (χ4n) is 4.23. The fraction of sp³-hybridized carbons (Fsp3) is 0.240. The first-order chi connectivity index (χ1) is 16.0. The van der Waals surface area contributed by atoms with E-state index in [9.17, 15) is 9.18 Å². The summed E-state index contributed by atoms with van der Waals surface area (Å²) in [6.45, 7) is 2.78. The summed E-state index contributed by atoms with van der Waals surface area (Å²) in [5.41, 5.74) is 3.53. The average molecular weight is 445 g/mol. The van der Waals surface area contributed by atoms with Crippen LogP contribution in [0.25, 0.3) is 22.6 Å². The van der Waals surface area contributed by atoms with Crippen LogP contribution < -0.4 is 10.1 Å². The summed E-state index contributed by atoms with van der Waals surface area (Å²) >= 11 is 0. The Kier molecular flexibility index (Phi) is 5.42. The number of methoxy groups -OCH3 is 1. The van der Waals surface area contributed by atoms with Crippen LogP contribution in [0.15, 0.2) is 60.8 Å². The highest BCUT2D eigenvalue weighted by atomic mass is 19.1. The molecule has 1 saturated heterocycles. The molecule has 1 aliphatic rings. The largest absolute Gasteiger partial charge is 0.497 e. The van der Waals surface area contributed by atoms with Crippen LogP contribution in [0.1, 0.15) is 18.0 Å². The summed E-state index contributed by atoms with van der Waals surface area (Å²) in [7, 11) is 1.64. The molecule has 0 bridgehead atoms. The second kappa shape index (κ2) is 8.54. The van der Waals surface area contributed by atoms with Crippen molar-refractivity contribution in [3.63, 3.8) is 0 Å². The van der Waals surface area contributed by atoms with E-state index in [-0.39, 0.29) is 17.9 Å². The van der Waals surface area contributed by atoms with E-state index < -0.39 is 0 Å². The number of nitrogens with one attached hydrogen (secondary N) is 1. The van der Waals surface area contributed by atoms with Crippen molar-refractivity contribution in [1.82, 2.24) is 19.4 Å². The zero-order valence-corrected chi connectivity index (χ0v) is 18.5. The number of urea groups is 1. The van der Waals surface area contributed by atoms with Gasteiger partial charge in [-0.05, 0) is 67.4 Å². The van der Waals surface area contributed by atoms with Crippen LogP contribution >= 0.6 is 0 Å². The molecule has 2 amide bonds. The summed E-state index contributed by atoms with van der Waals surface area (Å²) in [5, 5.41) is 2.81. The molecule has 7 nitrogen and oxygen atoms in total. The van der Waals surface area contributed by atoms with Gasteiger partial charge >= 0.3 is 6.03 Å². The molecule has 0 spiro atoms. The molecule has 0 aliphatic carbocycles. The standard InChI is InChI=1S/C25H24FN5O2/c1-16-5-8-18(14-21(16)26)28-25(32)30-13-11-19(15-30)31-23(17-6-9-20(33-2)10-7-17)29-22-4-3-12-27-24(22)31/h3-10,12,14,19H,11,13,15H2,1-2H3,(H,28,32)/t19-/m0/s1. The van der Waals surface area contributed by atoms with E-state index >= 15 is 0 Å². The number of carbonyl (C=O) groups excluding carboxylic acids is 1. The molecular formula is C25H24FN5O2. The highest BCUT2D eigenvalue weighted by Gasteiger charge is 2.31. The lowest BCUT2D eigenvalue weighted by molar-refractivity contribution is 0.221. The van der Waals surface area contributed by atoms with Gasteiger partial charge < -0.3 is 19.5 Å². The minimum absolute atomic E-state index is 0.0162. The van der Waals surface area contributed by atoms with Crippen LogP contribution in [0.4, 0.5) is 14.9 Å². The third-order valence-corrected chi connectivity index (χ3v) is 6.04. The number of pyridine rings is 1. The number of rotatable bonds is 4. The molecule has 168 valence electrons. The van der Waals surface area contributed by atoms with Crippen LogP contribution in [-0.2, 0) is 0 Å². The summed E-state index contributed by atoms with van der Waals surface area (Å²) in [4.78, 5) is 24.0. The number of hydrogen-bond acceptors (Lipinski definition) is 4. The first-order valence-corrected chi connectivity index (χ1v) is 10.8. The highest BCUT2D eigenvalue weighted by molar-refractivity contribution is 5.89. The second-order valence-electron chi connectivity index (χ2n) is 8.16. The Morgan fingerprint density at radius 2 is 2.00 bits per heavy atom. The maximum absolute atomic E-state index is 13.9. The predicted octanol–water partition coefficient (Wildman–Crippen LogP) is 5.03. The number of carbonyl (C=O) groups is 1. The van der Waals surface area contributed by atoms with Gasteiger partial charge in [-0.25, -0.2) is 19.2 Å². The van der Waals surface area contributed by atoms with E-state index in [0.717, 1.165) is 34.7 Å². The normalized spacial score (nSPS) is 15.7. The molecular weight excluding hydrogens is 421 g/mol. The maximum Gasteiger partial charge on any atom is 0.321 e. The van der Waals surface area contributed by atoms with E-state index in [1.54, 1.807) is 37.3 Å². The lowest BCUT2D eigenvalue weighted by atomic mass is 10.2. The quantitative estimate of drug-likeness (QED) is 0.478. The van der Waals surface area contributed by atoms with Gasteiger partial charge in [0.1, 0.15) is 22.9 Å². The molecule has 5 rings (SSSR count). The topological polar surface area (TPSA) is 72.3 Å². The molecule has 1 atom stereocenters. The minimum atomic E-state index is -0.341. The second-order valence-corrected chi connectivity index (χ2v) is 8.16. The van der Waals surface area contributed by atoms with Gasteiger partial charge in [0.05, 0.1) is 13.2 Å². The number of aromatic nitrogens is 3. The molecule has 0 unspecified atom stereocenters. The Morgan fingerprint density at radius 3 is 2.76 bits per heavy atom. The third kappa shape index (κ3) is 4.00. The van der Waals surface area contributed by atoms with Crippen molar-refractivity contribution in [2.75, 3.05) is 25.5 Å². The lowest BCUT2D eigenvalue weighted by Crippen LogP contribution is -2.33. The molecule has 1 aliphatic heterocycles. The number of fused-ring (bicyclic) bond motifs is 1. The summed E-state index contributed by atoms with van der Waals surface area (Å²) < 4.78 is 21.3. The summed E-state index contributed by atoms with van der Waals surface area (Å²) in [6, 6.07) is 16.0. The highest BCUT2D eigenvalue weighted by Crippen LogP contribution is 2.33. The molecule has 3 heterocycles. The molecule has 0 saturated carbocycles. The van der Waals surface area contributed by atoms with E-state index in [2.05, 4.69) is 14.9 Å². The van der Waals surface area contributed by atoms with Gasteiger partial charge in [-0.2, -0.15) is 0 Å². The number of ether oxygens (including phenoxy) is 1. The molecule has 2 aromatic heterocycles. The third-order valence-electron chi connectivity index (χ3n) is 6.04. The van der Waals surface area contributed by atoms with Crippen LogP contribution in [0.3, 0.4) is 0 Å². The Bertz CT molecular complexity index is 1320. The van der Waals surface area contributed by atoms with E-state index in [4.69, 9.17) is 9.72 Å². The number of halogens is 1. The molecule has 1 N–H and O–H groups in total. The molecule has 8 heteroatoms. The zero-order valence-electron chi connectivity index (χ0n) is 18.5. The van der Waals surface area contributed by atoms with Crippen molar-refractivity contribution in [2.45, 2.75) is 19.4 Å². The average Bonchev–Trinajstić information content (AvgIpc) is 3.46. The van der Waals surface area contributed by atoms with Crippen LogP contribution in [0, 0.1) is 12.7 Å². The fourth-order valence-corrected chi connectivity index (χ4v) is 4.23. The monoisotopic (exact) mass is 445 g/mol. The van der Waals surface area contributed by atoms with E-state index in [1.165, 1.54) is 6.07 Å². The van der Waals surface area contributed by atoms with Crippen molar-refractivity contribution in [2.24, 2.45) is 0 Å². The van der Waals surface area contributed by atoms with Crippen molar-refractivity contribution < 1.29 is 13.9 Å². The zero-order chi connectivity index (χ0) is 22.9. The van der Waals surface area contributed by atoms with Gasteiger partial charge in [-0.1, -0.05) is 6.07 Å². The van der Waals surface area contributed by atoms with Crippen LogP contribution in [0.5, 0.6) is 5.75 Å². The smallest absolute Gasteiger partial charge is 0.321 e.